The number of anilines is 1. The minimum absolute atomic E-state index is 0.603. The van der Waals surface area contributed by atoms with Crippen LogP contribution in [-0.2, 0) is 13.0 Å². The van der Waals surface area contributed by atoms with Gasteiger partial charge in [0.1, 0.15) is 11.5 Å². The maximum absolute atomic E-state index is 5.34. The average Bonchev–Trinajstić information content (AvgIpc) is 3.20. The van der Waals surface area contributed by atoms with E-state index < -0.39 is 0 Å². The molecule has 3 rings (SSSR count). The van der Waals surface area contributed by atoms with Crippen molar-refractivity contribution >= 4 is 5.95 Å². The molecule has 0 unspecified atom stereocenters. The van der Waals surface area contributed by atoms with Gasteiger partial charge < -0.3 is 9.42 Å². The molecular weight excluding hydrogens is 240 g/mol. The zero-order valence-corrected chi connectivity index (χ0v) is 11.3. The summed E-state index contributed by atoms with van der Waals surface area (Å²) < 4.78 is 5.34. The molecule has 0 saturated heterocycles. The van der Waals surface area contributed by atoms with Crippen molar-refractivity contribution < 1.29 is 4.52 Å². The second-order valence-electron chi connectivity index (χ2n) is 5.10. The van der Waals surface area contributed by atoms with Crippen LogP contribution in [0.15, 0.2) is 23.0 Å². The molecule has 1 saturated carbocycles. The molecule has 1 aliphatic carbocycles. The van der Waals surface area contributed by atoms with Crippen LogP contribution in [0.1, 0.15) is 42.7 Å². The van der Waals surface area contributed by atoms with E-state index in [9.17, 15) is 0 Å². The van der Waals surface area contributed by atoms with Crippen molar-refractivity contribution in [2.24, 2.45) is 0 Å². The second-order valence-corrected chi connectivity index (χ2v) is 5.10. The van der Waals surface area contributed by atoms with Crippen molar-refractivity contribution in [3.05, 3.63) is 35.5 Å². The molecule has 0 atom stereocenters. The summed E-state index contributed by atoms with van der Waals surface area (Å²) >= 11 is 0. The number of hydrogen-bond donors (Lipinski definition) is 0. The Hall–Kier alpha value is -1.91. The van der Waals surface area contributed by atoms with Gasteiger partial charge in [0, 0.05) is 31.4 Å². The van der Waals surface area contributed by atoms with E-state index >= 15 is 0 Å². The number of aryl methyl sites for hydroxylation is 1. The first-order chi connectivity index (χ1) is 9.26. The van der Waals surface area contributed by atoms with Gasteiger partial charge >= 0.3 is 0 Å². The molecule has 0 N–H and O–H groups in total. The van der Waals surface area contributed by atoms with Crippen LogP contribution >= 0.6 is 0 Å². The first-order valence-corrected chi connectivity index (χ1v) is 6.74. The van der Waals surface area contributed by atoms with Crippen LogP contribution in [0.3, 0.4) is 0 Å². The number of aromatic nitrogens is 3. The zero-order valence-electron chi connectivity index (χ0n) is 11.3. The highest BCUT2D eigenvalue weighted by molar-refractivity contribution is 5.30. The molecule has 0 radical (unpaired) electrons. The highest BCUT2D eigenvalue weighted by Gasteiger charge is 2.28. The monoisotopic (exact) mass is 258 g/mol. The molecule has 0 bridgehead atoms. The van der Waals surface area contributed by atoms with Crippen molar-refractivity contribution in [3.63, 3.8) is 0 Å². The van der Waals surface area contributed by atoms with Crippen molar-refractivity contribution in [1.29, 1.82) is 0 Å². The topological polar surface area (TPSA) is 55.1 Å². The van der Waals surface area contributed by atoms with Crippen molar-refractivity contribution in [3.8, 4) is 0 Å². The summed E-state index contributed by atoms with van der Waals surface area (Å²) in [5.41, 5.74) is 2.09. The van der Waals surface area contributed by atoms with Gasteiger partial charge in [0.05, 0.1) is 6.54 Å². The van der Waals surface area contributed by atoms with Crippen LogP contribution in [0.5, 0.6) is 0 Å². The Labute approximate surface area is 112 Å². The molecule has 0 amide bonds. The van der Waals surface area contributed by atoms with Gasteiger partial charge in [-0.1, -0.05) is 12.1 Å². The summed E-state index contributed by atoms with van der Waals surface area (Å²) in [4.78, 5) is 10.7. The third-order valence-corrected chi connectivity index (χ3v) is 3.40. The van der Waals surface area contributed by atoms with E-state index in [0.717, 1.165) is 23.4 Å². The third kappa shape index (κ3) is 2.75. The van der Waals surface area contributed by atoms with Crippen LogP contribution in [0, 0.1) is 0 Å². The summed E-state index contributed by atoms with van der Waals surface area (Å²) in [6.45, 7) is 2.76. The fourth-order valence-electron chi connectivity index (χ4n) is 2.00. The summed E-state index contributed by atoms with van der Waals surface area (Å²) in [5.74, 6) is 2.34. The lowest BCUT2D eigenvalue weighted by Gasteiger charge is -2.14. The first-order valence-electron chi connectivity index (χ1n) is 6.74. The van der Waals surface area contributed by atoms with Crippen molar-refractivity contribution in [2.45, 2.75) is 38.6 Å². The van der Waals surface area contributed by atoms with Gasteiger partial charge in [0.25, 0.3) is 0 Å². The van der Waals surface area contributed by atoms with Gasteiger partial charge in [-0.25, -0.2) is 9.97 Å². The van der Waals surface area contributed by atoms with Crippen molar-refractivity contribution in [1.82, 2.24) is 15.1 Å². The molecule has 5 nitrogen and oxygen atoms in total. The largest absolute Gasteiger partial charge is 0.361 e. The fraction of sp³-hybridized carbons (Fsp3) is 0.500. The SMILES string of the molecule is CCc1cnc(N(C)Cc2cc(C3CC3)on2)nc1. The van der Waals surface area contributed by atoms with Crippen LogP contribution in [-0.4, -0.2) is 22.2 Å². The van der Waals surface area contributed by atoms with Gasteiger partial charge in [-0.2, -0.15) is 0 Å². The van der Waals surface area contributed by atoms with E-state index in [1.54, 1.807) is 0 Å². The Balaban J connectivity index is 1.66. The Kier molecular flexibility index (Phi) is 3.19. The molecule has 0 aliphatic heterocycles. The molecule has 1 aliphatic rings. The molecule has 2 aromatic heterocycles. The molecule has 5 heteroatoms. The van der Waals surface area contributed by atoms with Gasteiger partial charge in [-0.3, -0.25) is 0 Å². The Bertz CT molecular complexity index is 545. The quantitative estimate of drug-likeness (QED) is 0.825. The molecule has 100 valence electrons. The van der Waals surface area contributed by atoms with Crippen LogP contribution in [0.25, 0.3) is 0 Å². The fourth-order valence-corrected chi connectivity index (χ4v) is 2.00. The summed E-state index contributed by atoms with van der Waals surface area (Å²) in [6.07, 6.45) is 7.16. The Morgan fingerprint density at radius 3 is 2.68 bits per heavy atom. The van der Waals surface area contributed by atoms with E-state index in [2.05, 4.69) is 28.1 Å². The summed E-state index contributed by atoms with van der Waals surface area (Å²) in [7, 11) is 1.96. The number of rotatable bonds is 5. The highest BCUT2D eigenvalue weighted by Crippen LogP contribution is 2.40. The molecule has 2 heterocycles. The van der Waals surface area contributed by atoms with Crippen LogP contribution in [0.2, 0.25) is 0 Å². The van der Waals surface area contributed by atoms with Gasteiger partial charge in [-0.15, -0.1) is 0 Å². The smallest absolute Gasteiger partial charge is 0.225 e. The van der Waals surface area contributed by atoms with Gasteiger partial charge in [-0.05, 0) is 24.8 Å². The maximum Gasteiger partial charge on any atom is 0.225 e. The highest BCUT2D eigenvalue weighted by atomic mass is 16.5. The van der Waals surface area contributed by atoms with Crippen molar-refractivity contribution in [2.75, 3.05) is 11.9 Å². The van der Waals surface area contributed by atoms with E-state index in [-0.39, 0.29) is 0 Å². The van der Waals surface area contributed by atoms with E-state index in [4.69, 9.17) is 4.52 Å². The minimum atomic E-state index is 0.603. The minimum Gasteiger partial charge on any atom is -0.361 e. The van der Waals surface area contributed by atoms with E-state index in [1.807, 2.05) is 24.3 Å². The Morgan fingerprint density at radius 1 is 1.32 bits per heavy atom. The van der Waals surface area contributed by atoms with Gasteiger partial charge in [0.15, 0.2) is 0 Å². The van der Waals surface area contributed by atoms with E-state index in [1.165, 1.54) is 12.8 Å². The lowest BCUT2D eigenvalue weighted by Crippen LogP contribution is -2.19. The number of hydrogen-bond acceptors (Lipinski definition) is 5. The number of nitrogens with zero attached hydrogens (tertiary/aromatic N) is 4. The predicted molar refractivity (Wildman–Crippen MR) is 72.0 cm³/mol. The molecule has 2 aromatic rings. The standard InChI is InChI=1S/C14H18N4O/c1-3-10-7-15-14(16-8-10)18(2)9-12-6-13(19-17-12)11-4-5-11/h6-8,11H,3-5,9H2,1-2H3. The predicted octanol–water partition coefficient (Wildman–Crippen LogP) is 2.54. The summed E-state index contributed by atoms with van der Waals surface area (Å²) in [6, 6.07) is 2.05. The lowest BCUT2D eigenvalue weighted by atomic mass is 10.3. The van der Waals surface area contributed by atoms with E-state index in [0.29, 0.717) is 18.4 Å². The lowest BCUT2D eigenvalue weighted by molar-refractivity contribution is 0.378. The molecule has 0 aromatic carbocycles. The maximum atomic E-state index is 5.34. The zero-order chi connectivity index (χ0) is 13.2. The molecular formula is C14H18N4O. The molecule has 1 fully saturated rings. The summed E-state index contributed by atoms with van der Waals surface area (Å²) in [5, 5.41) is 4.10. The molecule has 19 heavy (non-hydrogen) atoms. The van der Waals surface area contributed by atoms with Crippen LogP contribution in [0.4, 0.5) is 5.95 Å². The Morgan fingerprint density at radius 2 is 2.05 bits per heavy atom. The normalized spacial score (nSPS) is 14.6. The first kappa shape index (κ1) is 12.1. The molecule has 0 spiro atoms. The second kappa shape index (κ2) is 4.99. The van der Waals surface area contributed by atoms with Crippen LogP contribution < -0.4 is 4.90 Å². The average molecular weight is 258 g/mol. The third-order valence-electron chi connectivity index (χ3n) is 3.40. The van der Waals surface area contributed by atoms with Gasteiger partial charge in [0.2, 0.25) is 5.95 Å².